The fourth-order valence-electron chi connectivity index (χ4n) is 6.32. The van der Waals surface area contributed by atoms with Gasteiger partial charge in [-0.1, -0.05) is 6.92 Å². The number of imidazole rings is 1. The average molecular weight is 388 g/mol. The van der Waals surface area contributed by atoms with Gasteiger partial charge < -0.3 is 15.2 Å². The highest BCUT2D eigenvalue weighted by atomic mass is 16.3. The van der Waals surface area contributed by atoms with Crippen LogP contribution in [0.4, 0.5) is 0 Å². The lowest BCUT2D eigenvalue weighted by molar-refractivity contribution is 0.0410. The third kappa shape index (κ3) is 2.33. The number of hydrogen-bond donors (Lipinski definition) is 3. The van der Waals surface area contributed by atoms with Crippen LogP contribution in [0.1, 0.15) is 51.8 Å². The summed E-state index contributed by atoms with van der Waals surface area (Å²) in [5.74, 6) is 1.97. The number of nitrogens with zero attached hydrogens (tertiary/aromatic N) is 3. The number of aliphatic hydroxyl groups excluding tert-OH is 2. The van der Waals surface area contributed by atoms with Crippen LogP contribution < -0.4 is 11.2 Å². The van der Waals surface area contributed by atoms with E-state index in [0.29, 0.717) is 35.5 Å². The number of fused-ring (bicyclic) bond motifs is 1. The molecule has 6 unspecified atom stereocenters. The molecule has 6 rings (SSSR count). The third-order valence-electron chi connectivity index (χ3n) is 7.32. The molecule has 2 aromatic heterocycles. The van der Waals surface area contributed by atoms with Gasteiger partial charge in [-0.15, -0.1) is 0 Å². The topological polar surface area (TPSA) is 113 Å². The predicted molar refractivity (Wildman–Crippen MR) is 103 cm³/mol. The second kappa shape index (κ2) is 6.03. The van der Waals surface area contributed by atoms with Crippen molar-refractivity contribution in [3.8, 4) is 0 Å². The number of aliphatic hydroxyl groups is 2. The number of H-pyrrole nitrogens is 1. The highest BCUT2D eigenvalue weighted by Crippen LogP contribution is 2.64. The maximum Gasteiger partial charge on any atom is 0.332 e. The summed E-state index contributed by atoms with van der Waals surface area (Å²) in [6.45, 7) is 3.98. The van der Waals surface area contributed by atoms with Crippen LogP contribution in [0.3, 0.4) is 0 Å². The molecule has 2 heterocycles. The van der Waals surface area contributed by atoms with Gasteiger partial charge in [0, 0.05) is 12.0 Å². The molecular formula is C20H28N4O4. The molecule has 4 bridgehead atoms. The number of aryl methyl sites for hydroxylation is 1. The molecule has 8 heteroatoms. The molecule has 2 aromatic rings. The lowest BCUT2D eigenvalue weighted by Crippen LogP contribution is -2.42. The zero-order valence-electron chi connectivity index (χ0n) is 16.4. The van der Waals surface area contributed by atoms with Gasteiger partial charge in [0.15, 0.2) is 5.65 Å². The van der Waals surface area contributed by atoms with E-state index in [-0.39, 0.29) is 18.1 Å². The monoisotopic (exact) mass is 388 g/mol. The van der Waals surface area contributed by atoms with Crippen molar-refractivity contribution in [3.05, 3.63) is 26.7 Å². The number of hydrogen-bond acceptors (Lipinski definition) is 5. The number of rotatable bonds is 5. The summed E-state index contributed by atoms with van der Waals surface area (Å²) in [6, 6.07) is 0. The minimum atomic E-state index is -0.790. The first-order valence-electron chi connectivity index (χ1n) is 10.4. The zero-order valence-corrected chi connectivity index (χ0v) is 16.4. The molecule has 28 heavy (non-hydrogen) atoms. The summed E-state index contributed by atoms with van der Waals surface area (Å²) in [5, 5.41) is 20.2. The van der Waals surface area contributed by atoms with Crippen LogP contribution in [0, 0.1) is 17.8 Å². The first kappa shape index (κ1) is 18.1. The van der Waals surface area contributed by atoms with E-state index in [9.17, 15) is 19.8 Å². The summed E-state index contributed by atoms with van der Waals surface area (Å²) in [6.07, 6.45) is 3.62. The highest BCUT2D eigenvalue weighted by Gasteiger charge is 2.61. The quantitative estimate of drug-likeness (QED) is 0.699. The average Bonchev–Trinajstić information content (AvgIpc) is 3.27. The Bertz CT molecular complexity index is 1050. The largest absolute Gasteiger partial charge is 0.393 e. The molecule has 4 aliphatic rings. The van der Waals surface area contributed by atoms with Gasteiger partial charge in [-0.3, -0.25) is 13.9 Å². The van der Waals surface area contributed by atoms with Gasteiger partial charge in [-0.25, -0.2) is 9.78 Å². The van der Waals surface area contributed by atoms with Crippen molar-refractivity contribution in [2.75, 3.05) is 0 Å². The maximum atomic E-state index is 13.0. The van der Waals surface area contributed by atoms with Crippen molar-refractivity contribution in [1.82, 2.24) is 19.1 Å². The van der Waals surface area contributed by atoms with Crippen LogP contribution in [0.25, 0.3) is 11.2 Å². The van der Waals surface area contributed by atoms with Crippen molar-refractivity contribution in [2.24, 2.45) is 17.8 Å². The van der Waals surface area contributed by atoms with Crippen LogP contribution in [0.15, 0.2) is 9.59 Å². The molecule has 0 aromatic carbocycles. The van der Waals surface area contributed by atoms with Gasteiger partial charge in [-0.2, -0.15) is 0 Å². The Kier molecular flexibility index (Phi) is 3.90. The summed E-state index contributed by atoms with van der Waals surface area (Å²) < 4.78 is 2.67. The standard InChI is InChI=1S/C20H28N4O4/c1-3-4-23-16-14(17(27)24(19(23)28)9-10(2)25)21-18(22-16)20-6-11-5-12(7-20)15(26)13(11)8-20/h10-13,15,25-26H,3-9H2,1-2H3,(H,21,22). The third-order valence-corrected chi connectivity index (χ3v) is 7.32. The molecule has 6 atom stereocenters. The Balaban J connectivity index is 1.68. The second-order valence-electron chi connectivity index (χ2n) is 9.29. The van der Waals surface area contributed by atoms with Crippen molar-refractivity contribution in [1.29, 1.82) is 0 Å². The Morgan fingerprint density at radius 2 is 2.00 bits per heavy atom. The van der Waals surface area contributed by atoms with Crippen molar-refractivity contribution in [2.45, 2.75) is 76.7 Å². The molecule has 0 aliphatic heterocycles. The summed E-state index contributed by atoms with van der Waals surface area (Å²) in [7, 11) is 0. The molecule has 4 fully saturated rings. The van der Waals surface area contributed by atoms with Crippen LogP contribution in [0.5, 0.6) is 0 Å². The van der Waals surface area contributed by atoms with Crippen LogP contribution >= 0.6 is 0 Å². The van der Waals surface area contributed by atoms with Crippen LogP contribution in [0.2, 0.25) is 0 Å². The first-order valence-corrected chi connectivity index (χ1v) is 10.4. The van der Waals surface area contributed by atoms with E-state index in [2.05, 4.69) is 4.98 Å². The van der Waals surface area contributed by atoms with Crippen LogP contribution in [-0.4, -0.2) is 41.5 Å². The summed E-state index contributed by atoms with van der Waals surface area (Å²) in [5.41, 5.74) is -0.181. The van der Waals surface area contributed by atoms with Crippen LogP contribution in [-0.2, 0) is 18.5 Å². The minimum absolute atomic E-state index is 0.0325. The van der Waals surface area contributed by atoms with Crippen molar-refractivity contribution in [3.63, 3.8) is 0 Å². The molecule has 0 spiro atoms. The molecular weight excluding hydrogens is 360 g/mol. The van der Waals surface area contributed by atoms with Gasteiger partial charge in [0.2, 0.25) is 0 Å². The van der Waals surface area contributed by atoms with E-state index in [4.69, 9.17) is 4.98 Å². The summed E-state index contributed by atoms with van der Waals surface area (Å²) >= 11 is 0. The summed E-state index contributed by atoms with van der Waals surface area (Å²) in [4.78, 5) is 34.0. The van der Waals surface area contributed by atoms with E-state index < -0.39 is 17.4 Å². The van der Waals surface area contributed by atoms with Gasteiger partial charge in [-0.05, 0) is 56.8 Å². The highest BCUT2D eigenvalue weighted by molar-refractivity contribution is 5.70. The molecule has 0 amide bonds. The van der Waals surface area contributed by atoms with E-state index in [1.807, 2.05) is 6.92 Å². The first-order chi connectivity index (χ1) is 13.3. The molecule has 4 aliphatic carbocycles. The van der Waals surface area contributed by atoms with Gasteiger partial charge in [0.25, 0.3) is 5.56 Å². The SMILES string of the molecule is CCCn1c(=O)n(CC(C)O)c(=O)c2[nH]c(C34CC5CC(C3)C(C4)C5O)nc21. The molecule has 152 valence electrons. The van der Waals surface area contributed by atoms with E-state index in [1.54, 1.807) is 11.5 Å². The lowest BCUT2D eigenvalue weighted by atomic mass is 9.68. The normalized spacial score (nSPS) is 34.6. The maximum absolute atomic E-state index is 13.0. The number of aromatic amines is 1. The minimum Gasteiger partial charge on any atom is -0.393 e. The predicted octanol–water partition coefficient (Wildman–Crippen LogP) is 0.726. The van der Waals surface area contributed by atoms with Gasteiger partial charge in [0.1, 0.15) is 11.3 Å². The molecule has 3 N–H and O–H groups in total. The number of aromatic nitrogens is 4. The van der Waals surface area contributed by atoms with Gasteiger partial charge in [0.05, 0.1) is 18.8 Å². The second-order valence-corrected chi connectivity index (χ2v) is 9.29. The lowest BCUT2D eigenvalue weighted by Gasteiger charge is -2.38. The Morgan fingerprint density at radius 3 is 2.64 bits per heavy atom. The Labute approximate surface area is 162 Å². The van der Waals surface area contributed by atoms with E-state index in [1.165, 1.54) is 0 Å². The number of nitrogens with one attached hydrogen (secondary N) is 1. The fourth-order valence-corrected chi connectivity index (χ4v) is 6.32. The van der Waals surface area contributed by atoms with Crippen molar-refractivity contribution < 1.29 is 10.2 Å². The molecule has 4 saturated carbocycles. The Morgan fingerprint density at radius 1 is 1.25 bits per heavy atom. The zero-order chi connectivity index (χ0) is 19.8. The fraction of sp³-hybridized carbons (Fsp3) is 0.750. The Hall–Kier alpha value is -1.93. The molecule has 8 nitrogen and oxygen atoms in total. The molecule has 0 saturated heterocycles. The van der Waals surface area contributed by atoms with E-state index in [0.717, 1.165) is 42.5 Å². The van der Waals surface area contributed by atoms with Crippen molar-refractivity contribution >= 4 is 11.2 Å². The molecule has 0 radical (unpaired) electrons. The van der Waals surface area contributed by atoms with E-state index >= 15 is 0 Å². The van der Waals surface area contributed by atoms with Gasteiger partial charge >= 0.3 is 5.69 Å². The smallest absolute Gasteiger partial charge is 0.332 e.